The Morgan fingerprint density at radius 1 is 0.923 bits per heavy atom. The van der Waals surface area contributed by atoms with Gasteiger partial charge in [-0.15, -0.1) is 5.10 Å². The summed E-state index contributed by atoms with van der Waals surface area (Å²) in [5.74, 6) is 0.541. The number of fused-ring (bicyclic) bond motifs is 1. The van der Waals surface area contributed by atoms with Crippen molar-refractivity contribution in [3.63, 3.8) is 0 Å². The first-order chi connectivity index (χ1) is 12.7. The van der Waals surface area contributed by atoms with Gasteiger partial charge < -0.3 is 0 Å². The minimum absolute atomic E-state index is 0.0243. The number of non-ortho nitro benzene ring substituents is 1. The quantitative estimate of drug-likeness (QED) is 0.244. The first kappa shape index (κ1) is 15.6. The van der Waals surface area contributed by atoms with Gasteiger partial charge in [0.05, 0.1) is 16.1 Å². The number of rotatable bonds is 3. The third-order valence-corrected chi connectivity index (χ3v) is 3.88. The van der Waals surface area contributed by atoms with E-state index < -0.39 is 4.92 Å². The maximum Gasteiger partial charge on any atom is 0.269 e. The summed E-state index contributed by atoms with van der Waals surface area (Å²) in [4.78, 5) is 15.2. The van der Waals surface area contributed by atoms with Crippen molar-refractivity contribution in [3.8, 4) is 0 Å². The van der Waals surface area contributed by atoms with Crippen LogP contribution in [-0.4, -0.2) is 25.8 Å². The monoisotopic (exact) mass is 343 g/mol. The molecule has 0 N–H and O–H groups in total. The fourth-order valence-electron chi connectivity index (χ4n) is 2.62. The molecule has 7 nitrogen and oxygen atoms in total. The molecule has 0 amide bonds. The summed E-state index contributed by atoms with van der Waals surface area (Å²) in [7, 11) is 0. The number of nitrogens with zero attached hydrogens (tertiary/aromatic N) is 5. The van der Waals surface area contributed by atoms with Crippen molar-refractivity contribution in [1.29, 1.82) is 0 Å². The molecule has 1 heterocycles. The van der Waals surface area contributed by atoms with Crippen LogP contribution >= 0.6 is 0 Å². The molecule has 0 bridgehead atoms. The Morgan fingerprint density at radius 3 is 2.35 bits per heavy atom. The molecule has 3 aromatic carbocycles. The number of nitro groups is 1. The lowest BCUT2D eigenvalue weighted by Crippen LogP contribution is -2.15. The van der Waals surface area contributed by atoms with Gasteiger partial charge in [-0.25, -0.2) is 4.99 Å². The van der Waals surface area contributed by atoms with Gasteiger partial charge in [0.2, 0.25) is 0 Å². The molecule has 0 aliphatic carbocycles. The van der Waals surface area contributed by atoms with Crippen LogP contribution in [0.4, 0.5) is 11.4 Å². The van der Waals surface area contributed by atoms with Crippen molar-refractivity contribution in [1.82, 2.24) is 15.0 Å². The second-order valence-electron chi connectivity index (χ2n) is 5.56. The summed E-state index contributed by atoms with van der Waals surface area (Å²) < 4.78 is 1.64. The summed E-state index contributed by atoms with van der Waals surface area (Å²) in [6.45, 7) is 0. The highest BCUT2D eigenvalue weighted by Gasteiger charge is 2.14. The van der Waals surface area contributed by atoms with Crippen LogP contribution in [0.3, 0.4) is 0 Å². The molecular formula is C19H13N5O2. The molecule has 4 rings (SSSR count). The van der Waals surface area contributed by atoms with Gasteiger partial charge in [-0.05, 0) is 36.4 Å². The van der Waals surface area contributed by atoms with Gasteiger partial charge in [0.15, 0.2) is 5.84 Å². The molecule has 1 aromatic heterocycles. The molecule has 0 aliphatic rings. The van der Waals surface area contributed by atoms with E-state index in [0.717, 1.165) is 16.7 Å². The van der Waals surface area contributed by atoms with Gasteiger partial charge >= 0.3 is 0 Å². The Morgan fingerprint density at radius 2 is 1.62 bits per heavy atom. The van der Waals surface area contributed by atoms with E-state index in [1.807, 2.05) is 54.6 Å². The summed E-state index contributed by atoms with van der Waals surface area (Å²) in [6.07, 6.45) is 0. The Balaban J connectivity index is 1.90. The molecular weight excluding hydrogens is 330 g/mol. The zero-order chi connectivity index (χ0) is 17.9. The highest BCUT2D eigenvalue weighted by Crippen LogP contribution is 2.19. The van der Waals surface area contributed by atoms with Crippen LogP contribution in [0.5, 0.6) is 0 Å². The molecule has 4 aromatic rings. The number of hydrogen-bond acceptors (Lipinski definition) is 5. The third kappa shape index (κ3) is 2.93. The first-order valence-corrected chi connectivity index (χ1v) is 7.92. The van der Waals surface area contributed by atoms with Crippen molar-refractivity contribution in [2.24, 2.45) is 4.99 Å². The highest BCUT2D eigenvalue weighted by atomic mass is 16.6. The van der Waals surface area contributed by atoms with Crippen molar-refractivity contribution in [2.45, 2.75) is 0 Å². The number of nitro benzene ring substituents is 1. The molecule has 0 aliphatic heterocycles. The second-order valence-corrected chi connectivity index (χ2v) is 5.56. The fourth-order valence-corrected chi connectivity index (χ4v) is 2.62. The Kier molecular flexibility index (Phi) is 3.95. The molecule has 0 fully saturated rings. The molecule has 7 heteroatoms. The van der Waals surface area contributed by atoms with Gasteiger partial charge in [0.1, 0.15) is 5.52 Å². The van der Waals surface area contributed by atoms with Crippen LogP contribution in [0.2, 0.25) is 0 Å². The van der Waals surface area contributed by atoms with E-state index >= 15 is 0 Å². The molecule has 0 saturated carbocycles. The van der Waals surface area contributed by atoms with Gasteiger partial charge in [-0.1, -0.05) is 35.5 Å². The van der Waals surface area contributed by atoms with E-state index in [-0.39, 0.29) is 5.69 Å². The van der Waals surface area contributed by atoms with Crippen LogP contribution in [0, 0.1) is 10.1 Å². The van der Waals surface area contributed by atoms with E-state index in [0.29, 0.717) is 11.4 Å². The van der Waals surface area contributed by atoms with Crippen molar-refractivity contribution < 1.29 is 4.92 Å². The van der Waals surface area contributed by atoms with Crippen LogP contribution < -0.4 is 0 Å². The molecule has 0 radical (unpaired) electrons. The molecule has 26 heavy (non-hydrogen) atoms. The SMILES string of the molecule is O=[N+]([O-])c1ccc(C(=Nc2ccccc2)n2nnc3ccccc32)cc1. The summed E-state index contributed by atoms with van der Waals surface area (Å²) in [5, 5.41) is 19.3. The van der Waals surface area contributed by atoms with E-state index in [1.165, 1.54) is 12.1 Å². The zero-order valence-electron chi connectivity index (χ0n) is 13.6. The predicted octanol–water partition coefficient (Wildman–Crippen LogP) is 3.97. The largest absolute Gasteiger partial charge is 0.269 e. The predicted molar refractivity (Wildman–Crippen MR) is 98.7 cm³/mol. The Labute approximate surface area is 148 Å². The maximum atomic E-state index is 10.9. The second kappa shape index (κ2) is 6.56. The fraction of sp³-hybridized carbons (Fsp3) is 0. The van der Waals surface area contributed by atoms with E-state index in [4.69, 9.17) is 4.99 Å². The number of hydrogen-bond donors (Lipinski definition) is 0. The van der Waals surface area contributed by atoms with Crippen LogP contribution in [-0.2, 0) is 0 Å². The number of aromatic nitrogens is 3. The molecule has 0 unspecified atom stereocenters. The van der Waals surface area contributed by atoms with Crippen molar-refractivity contribution in [2.75, 3.05) is 0 Å². The van der Waals surface area contributed by atoms with Crippen molar-refractivity contribution >= 4 is 28.2 Å². The zero-order valence-corrected chi connectivity index (χ0v) is 13.6. The lowest BCUT2D eigenvalue weighted by Gasteiger charge is -2.08. The number of aliphatic imine (C=N–C) groups is 1. The molecule has 0 atom stereocenters. The standard InChI is InChI=1S/C19H13N5O2/c25-24(26)16-12-10-14(11-13-16)19(20-15-6-2-1-3-7-15)23-18-9-5-4-8-17(18)21-22-23/h1-13H. The minimum Gasteiger partial charge on any atom is -0.258 e. The molecule has 0 spiro atoms. The van der Waals surface area contributed by atoms with Gasteiger partial charge in [-0.3, -0.25) is 10.1 Å². The average molecular weight is 343 g/mol. The lowest BCUT2D eigenvalue weighted by molar-refractivity contribution is -0.384. The van der Waals surface area contributed by atoms with E-state index in [2.05, 4.69) is 10.3 Å². The molecule has 0 saturated heterocycles. The smallest absolute Gasteiger partial charge is 0.258 e. The number of para-hydroxylation sites is 2. The molecule has 126 valence electrons. The highest BCUT2D eigenvalue weighted by molar-refractivity contribution is 6.05. The van der Waals surface area contributed by atoms with Gasteiger partial charge in [0.25, 0.3) is 5.69 Å². The van der Waals surface area contributed by atoms with Gasteiger partial charge in [0, 0.05) is 17.7 Å². The Hall–Kier alpha value is -3.87. The average Bonchev–Trinajstić information content (AvgIpc) is 3.11. The van der Waals surface area contributed by atoms with E-state index in [9.17, 15) is 10.1 Å². The minimum atomic E-state index is -0.428. The van der Waals surface area contributed by atoms with Crippen LogP contribution in [0.25, 0.3) is 11.0 Å². The number of benzene rings is 3. The summed E-state index contributed by atoms with van der Waals surface area (Å²) in [5.41, 5.74) is 3.03. The van der Waals surface area contributed by atoms with Crippen LogP contribution in [0.1, 0.15) is 5.56 Å². The Bertz CT molecular complexity index is 1100. The lowest BCUT2D eigenvalue weighted by atomic mass is 10.2. The van der Waals surface area contributed by atoms with Crippen LogP contribution in [0.15, 0.2) is 83.9 Å². The maximum absolute atomic E-state index is 10.9. The summed E-state index contributed by atoms with van der Waals surface area (Å²) >= 11 is 0. The topological polar surface area (TPSA) is 86.2 Å². The third-order valence-electron chi connectivity index (χ3n) is 3.88. The van der Waals surface area contributed by atoms with Gasteiger partial charge in [-0.2, -0.15) is 4.68 Å². The van der Waals surface area contributed by atoms with E-state index in [1.54, 1.807) is 16.8 Å². The normalized spacial score (nSPS) is 11.6. The van der Waals surface area contributed by atoms with Crippen molar-refractivity contribution in [3.05, 3.63) is 94.5 Å². The summed E-state index contributed by atoms with van der Waals surface area (Å²) in [6, 6.07) is 23.3. The first-order valence-electron chi connectivity index (χ1n) is 7.92.